The zero-order valence-electron chi connectivity index (χ0n) is 14.7. The number of benzene rings is 1. The lowest BCUT2D eigenvalue weighted by atomic mass is 10.3. The van der Waals surface area contributed by atoms with E-state index in [1.807, 2.05) is 0 Å². The second-order valence-corrected chi connectivity index (χ2v) is 7.19. The van der Waals surface area contributed by atoms with Crippen LogP contribution in [0.1, 0.15) is 5.82 Å². The molecule has 4 heterocycles. The first-order chi connectivity index (χ1) is 13.7. The van der Waals surface area contributed by atoms with E-state index in [1.165, 1.54) is 12.1 Å². The lowest BCUT2D eigenvalue weighted by Gasteiger charge is -2.26. The third-order valence-corrected chi connectivity index (χ3v) is 5.06. The Morgan fingerprint density at radius 2 is 2.11 bits per heavy atom. The number of rotatable bonds is 4. The van der Waals surface area contributed by atoms with Crippen LogP contribution in [0.5, 0.6) is 0 Å². The van der Waals surface area contributed by atoms with Crippen LogP contribution in [-0.4, -0.2) is 55.9 Å². The highest BCUT2D eigenvalue weighted by molar-refractivity contribution is 9.10. The van der Waals surface area contributed by atoms with Crippen LogP contribution < -0.4 is 10.2 Å². The first kappa shape index (κ1) is 17.3. The normalized spacial score (nSPS) is 14.9. The summed E-state index contributed by atoms with van der Waals surface area (Å²) in [6.07, 6.45) is 1.68. The number of H-pyrrole nitrogens is 1. The van der Waals surface area contributed by atoms with E-state index in [0.717, 1.165) is 17.7 Å². The minimum atomic E-state index is -0.300. The van der Waals surface area contributed by atoms with Crippen LogP contribution >= 0.6 is 15.9 Å². The molecule has 1 fully saturated rings. The van der Waals surface area contributed by atoms with Crippen LogP contribution in [0.15, 0.2) is 29.0 Å². The molecule has 9 nitrogen and oxygen atoms in total. The van der Waals surface area contributed by atoms with Crippen LogP contribution in [0.25, 0.3) is 16.7 Å². The predicted octanol–water partition coefficient (Wildman–Crippen LogP) is 2.35. The van der Waals surface area contributed by atoms with Gasteiger partial charge in [-0.25, -0.2) is 14.4 Å². The van der Waals surface area contributed by atoms with Crippen LogP contribution in [-0.2, 0) is 11.3 Å². The van der Waals surface area contributed by atoms with Gasteiger partial charge in [0.25, 0.3) is 0 Å². The van der Waals surface area contributed by atoms with Crippen molar-refractivity contribution in [2.45, 2.75) is 6.54 Å². The van der Waals surface area contributed by atoms with E-state index in [2.05, 4.69) is 51.2 Å². The summed E-state index contributed by atoms with van der Waals surface area (Å²) in [5.41, 5.74) is 1.97. The molecule has 3 aromatic heterocycles. The molecule has 1 aliphatic heterocycles. The number of aromatic nitrogens is 6. The highest BCUT2D eigenvalue weighted by Crippen LogP contribution is 2.22. The maximum atomic E-state index is 13.4. The summed E-state index contributed by atoms with van der Waals surface area (Å²) >= 11 is 3.47. The highest BCUT2D eigenvalue weighted by atomic mass is 79.9. The molecule has 0 saturated carbocycles. The maximum absolute atomic E-state index is 13.4. The second-order valence-electron chi connectivity index (χ2n) is 6.37. The summed E-state index contributed by atoms with van der Waals surface area (Å²) in [6.45, 7) is 3.13. The molecule has 0 radical (unpaired) electrons. The fourth-order valence-corrected chi connectivity index (χ4v) is 3.49. The first-order valence-electron chi connectivity index (χ1n) is 8.79. The average Bonchev–Trinajstić information content (AvgIpc) is 3.29. The first-order valence-corrected chi connectivity index (χ1v) is 9.59. The molecule has 0 bridgehead atoms. The van der Waals surface area contributed by atoms with Crippen molar-refractivity contribution >= 4 is 44.4 Å². The number of nitrogens with zero attached hydrogens (tertiary/aromatic N) is 6. The Hall–Kier alpha value is -2.79. The molecule has 1 aromatic carbocycles. The van der Waals surface area contributed by atoms with Crippen LogP contribution in [0.3, 0.4) is 0 Å². The van der Waals surface area contributed by atoms with E-state index in [1.54, 1.807) is 16.8 Å². The highest BCUT2D eigenvalue weighted by Gasteiger charge is 2.19. The largest absolute Gasteiger partial charge is 0.378 e. The Kier molecular flexibility index (Phi) is 4.32. The Balaban J connectivity index is 1.46. The summed E-state index contributed by atoms with van der Waals surface area (Å²) < 4.78 is 21.2. The number of anilines is 2. The number of nitrogens with one attached hydrogen (secondary N) is 2. The number of aromatic amines is 1. The lowest BCUT2D eigenvalue weighted by Crippen LogP contribution is -2.37. The molecule has 0 spiro atoms. The van der Waals surface area contributed by atoms with Gasteiger partial charge in [0.15, 0.2) is 11.5 Å². The Bertz CT molecular complexity index is 1150. The van der Waals surface area contributed by atoms with E-state index < -0.39 is 0 Å². The van der Waals surface area contributed by atoms with Gasteiger partial charge in [-0.05, 0) is 34.1 Å². The van der Waals surface area contributed by atoms with Gasteiger partial charge in [-0.15, -0.1) is 5.10 Å². The Morgan fingerprint density at radius 1 is 1.25 bits per heavy atom. The van der Waals surface area contributed by atoms with E-state index >= 15 is 0 Å². The van der Waals surface area contributed by atoms with Gasteiger partial charge in [-0.1, -0.05) is 0 Å². The van der Waals surface area contributed by atoms with E-state index in [9.17, 15) is 4.39 Å². The molecule has 144 valence electrons. The molecule has 1 aliphatic rings. The third kappa shape index (κ3) is 3.16. The summed E-state index contributed by atoms with van der Waals surface area (Å²) in [6, 6.07) is 4.47. The van der Waals surface area contributed by atoms with Crippen LogP contribution in [0.2, 0.25) is 0 Å². The standard InChI is InChI=1S/C17H16BrFN8O/c18-13-8-21-16-15(24-17(25-27(13)16)26-3-5-28-6-4-26)20-9-14-22-11-2-1-10(19)7-12(11)23-14/h1-2,7-8H,3-6,9H2,(H,22,23)(H,20,24,25). The Labute approximate surface area is 167 Å². The molecule has 4 aromatic rings. The minimum absolute atomic E-state index is 0.300. The van der Waals surface area contributed by atoms with Crippen molar-refractivity contribution in [1.29, 1.82) is 0 Å². The monoisotopic (exact) mass is 446 g/mol. The maximum Gasteiger partial charge on any atom is 0.245 e. The van der Waals surface area contributed by atoms with E-state index in [4.69, 9.17) is 4.74 Å². The van der Waals surface area contributed by atoms with Gasteiger partial charge in [-0.2, -0.15) is 9.50 Å². The van der Waals surface area contributed by atoms with E-state index in [-0.39, 0.29) is 5.82 Å². The number of imidazole rings is 2. The van der Waals surface area contributed by atoms with Crippen molar-refractivity contribution in [2.75, 3.05) is 36.5 Å². The number of fused-ring (bicyclic) bond motifs is 2. The number of halogens is 2. The van der Waals surface area contributed by atoms with Crippen LogP contribution in [0, 0.1) is 5.82 Å². The Morgan fingerprint density at radius 3 is 2.96 bits per heavy atom. The smallest absolute Gasteiger partial charge is 0.245 e. The zero-order chi connectivity index (χ0) is 19.1. The SMILES string of the molecule is Fc1ccc2nc(CNc3nc(N4CCOCC4)nn4c(Br)cnc34)[nH]c2c1. The van der Waals surface area contributed by atoms with Crippen molar-refractivity contribution in [3.8, 4) is 0 Å². The topological polar surface area (TPSA) is 96.3 Å². The summed E-state index contributed by atoms with van der Waals surface area (Å²) in [7, 11) is 0. The molecule has 0 unspecified atom stereocenters. The third-order valence-electron chi connectivity index (χ3n) is 4.52. The van der Waals surface area contributed by atoms with Crippen LogP contribution in [0.4, 0.5) is 16.2 Å². The van der Waals surface area contributed by atoms with E-state index in [0.29, 0.717) is 54.0 Å². The molecule has 0 atom stereocenters. The minimum Gasteiger partial charge on any atom is -0.378 e. The average molecular weight is 447 g/mol. The van der Waals surface area contributed by atoms with Crippen molar-refractivity contribution < 1.29 is 9.13 Å². The molecule has 28 heavy (non-hydrogen) atoms. The fourth-order valence-electron chi connectivity index (χ4n) is 3.15. The van der Waals surface area contributed by atoms with Crippen molar-refractivity contribution in [3.63, 3.8) is 0 Å². The summed E-state index contributed by atoms with van der Waals surface area (Å²) in [5.74, 6) is 1.57. The van der Waals surface area contributed by atoms with Gasteiger partial charge in [0.1, 0.15) is 16.2 Å². The number of ether oxygens (including phenoxy) is 1. The van der Waals surface area contributed by atoms with Crippen molar-refractivity contribution in [3.05, 3.63) is 40.6 Å². The molecule has 1 saturated heterocycles. The molecular weight excluding hydrogens is 431 g/mol. The molecule has 0 aliphatic carbocycles. The molecule has 0 amide bonds. The lowest BCUT2D eigenvalue weighted by molar-refractivity contribution is 0.122. The predicted molar refractivity (Wildman–Crippen MR) is 105 cm³/mol. The molecule has 11 heteroatoms. The molecule has 5 rings (SSSR count). The number of morpholine rings is 1. The quantitative estimate of drug-likeness (QED) is 0.496. The zero-order valence-corrected chi connectivity index (χ0v) is 16.3. The fraction of sp³-hybridized carbons (Fsp3) is 0.294. The molecular formula is C17H16BrFN8O. The van der Waals surface area contributed by atoms with Gasteiger partial charge in [-0.3, -0.25) is 0 Å². The number of hydrogen-bond donors (Lipinski definition) is 2. The van der Waals surface area contributed by atoms with Gasteiger partial charge in [0.05, 0.1) is 37.0 Å². The number of hydrogen-bond acceptors (Lipinski definition) is 7. The van der Waals surface area contributed by atoms with Crippen molar-refractivity contribution in [1.82, 2.24) is 29.5 Å². The van der Waals surface area contributed by atoms with Gasteiger partial charge in [0, 0.05) is 13.1 Å². The van der Waals surface area contributed by atoms with Gasteiger partial charge in [0.2, 0.25) is 5.95 Å². The van der Waals surface area contributed by atoms with Gasteiger partial charge < -0.3 is 19.9 Å². The second kappa shape index (κ2) is 6.99. The molecule has 2 N–H and O–H groups in total. The van der Waals surface area contributed by atoms with Gasteiger partial charge >= 0.3 is 0 Å². The summed E-state index contributed by atoms with van der Waals surface area (Å²) in [5, 5.41) is 7.85. The van der Waals surface area contributed by atoms with Crippen molar-refractivity contribution in [2.24, 2.45) is 0 Å². The summed E-state index contributed by atoms with van der Waals surface area (Å²) in [4.78, 5) is 18.7.